The summed E-state index contributed by atoms with van der Waals surface area (Å²) in [5, 5.41) is 0.956. The average molecular weight is 239 g/mol. The third-order valence-corrected chi connectivity index (χ3v) is 2.22. The summed E-state index contributed by atoms with van der Waals surface area (Å²) in [4.78, 5) is 21.8. The van der Waals surface area contributed by atoms with Crippen LogP contribution in [0.5, 0.6) is 5.75 Å². The minimum atomic E-state index is -0.487. The average Bonchev–Trinajstić information content (AvgIpc) is 2.19. The van der Waals surface area contributed by atoms with Crippen molar-refractivity contribution >= 4 is 28.5 Å². The van der Waals surface area contributed by atoms with E-state index in [4.69, 9.17) is 20.8 Å². The second-order valence-corrected chi connectivity index (χ2v) is 3.58. The summed E-state index contributed by atoms with van der Waals surface area (Å²) in [5.41, 5.74) is -0.142. The summed E-state index contributed by atoms with van der Waals surface area (Å²) in [6.45, 7) is 1.27. The number of carbonyl (C=O) groups is 1. The minimum Gasteiger partial charge on any atom is -0.425 e. The largest absolute Gasteiger partial charge is 0.425 e. The molecule has 1 heterocycles. The lowest BCUT2D eigenvalue weighted by atomic mass is 10.2. The molecule has 82 valence electrons. The maximum atomic E-state index is 11.0. The molecular formula is C11H7ClO4. The normalized spacial score (nSPS) is 10.4. The van der Waals surface area contributed by atoms with Gasteiger partial charge >= 0.3 is 11.6 Å². The lowest BCUT2D eigenvalue weighted by Crippen LogP contribution is -2.02. The van der Waals surface area contributed by atoms with Gasteiger partial charge in [-0.05, 0) is 12.1 Å². The zero-order chi connectivity index (χ0) is 11.7. The van der Waals surface area contributed by atoms with Gasteiger partial charge in [0.1, 0.15) is 5.58 Å². The number of esters is 1. The van der Waals surface area contributed by atoms with Crippen LogP contribution < -0.4 is 10.4 Å². The lowest BCUT2D eigenvalue weighted by molar-refractivity contribution is -0.131. The topological polar surface area (TPSA) is 56.5 Å². The maximum absolute atomic E-state index is 11.0. The molecule has 1 aromatic carbocycles. The zero-order valence-electron chi connectivity index (χ0n) is 8.32. The Kier molecular flexibility index (Phi) is 2.66. The maximum Gasteiger partial charge on any atom is 0.336 e. The summed E-state index contributed by atoms with van der Waals surface area (Å²) in [7, 11) is 0. The third-order valence-electron chi connectivity index (χ3n) is 1.93. The van der Waals surface area contributed by atoms with Crippen molar-refractivity contribution in [2.75, 3.05) is 0 Å². The van der Waals surface area contributed by atoms with Crippen LogP contribution in [0.25, 0.3) is 11.0 Å². The first-order valence-corrected chi connectivity index (χ1v) is 4.86. The molecule has 2 rings (SSSR count). The van der Waals surface area contributed by atoms with Gasteiger partial charge in [0.25, 0.3) is 0 Å². The summed E-state index contributed by atoms with van der Waals surface area (Å²) < 4.78 is 9.79. The fourth-order valence-electron chi connectivity index (χ4n) is 1.30. The van der Waals surface area contributed by atoms with Gasteiger partial charge in [0, 0.05) is 24.4 Å². The second kappa shape index (κ2) is 3.98. The van der Waals surface area contributed by atoms with Crippen molar-refractivity contribution in [1.29, 1.82) is 0 Å². The van der Waals surface area contributed by atoms with Crippen LogP contribution in [-0.4, -0.2) is 5.97 Å². The fraction of sp³-hybridized carbons (Fsp3) is 0.0909. The van der Waals surface area contributed by atoms with Crippen LogP contribution >= 0.6 is 11.6 Å². The van der Waals surface area contributed by atoms with E-state index >= 15 is 0 Å². The van der Waals surface area contributed by atoms with Gasteiger partial charge in [-0.3, -0.25) is 4.79 Å². The second-order valence-electron chi connectivity index (χ2n) is 3.17. The smallest absolute Gasteiger partial charge is 0.336 e. The van der Waals surface area contributed by atoms with Crippen molar-refractivity contribution in [3.63, 3.8) is 0 Å². The van der Waals surface area contributed by atoms with Crippen LogP contribution in [0.1, 0.15) is 6.92 Å². The van der Waals surface area contributed by atoms with Crippen molar-refractivity contribution < 1.29 is 13.9 Å². The Morgan fingerprint density at radius 2 is 2.12 bits per heavy atom. The summed E-state index contributed by atoms with van der Waals surface area (Å²) in [5.74, 6) is -0.310. The van der Waals surface area contributed by atoms with Crippen molar-refractivity contribution in [2.45, 2.75) is 6.92 Å². The van der Waals surface area contributed by atoms with Gasteiger partial charge in [0.15, 0.2) is 5.75 Å². The van der Waals surface area contributed by atoms with E-state index in [2.05, 4.69) is 0 Å². The van der Waals surface area contributed by atoms with Gasteiger partial charge in [0.2, 0.25) is 0 Å². The van der Waals surface area contributed by atoms with E-state index in [-0.39, 0.29) is 10.8 Å². The van der Waals surface area contributed by atoms with Crippen molar-refractivity contribution in [3.05, 3.63) is 39.7 Å². The fourth-order valence-corrected chi connectivity index (χ4v) is 1.51. The molecule has 0 spiro atoms. The highest BCUT2D eigenvalue weighted by atomic mass is 35.5. The highest BCUT2D eigenvalue weighted by Crippen LogP contribution is 2.29. The number of ether oxygens (including phenoxy) is 1. The lowest BCUT2D eigenvalue weighted by Gasteiger charge is -2.04. The van der Waals surface area contributed by atoms with Crippen LogP contribution in [0.4, 0.5) is 0 Å². The predicted molar refractivity (Wildman–Crippen MR) is 58.8 cm³/mol. The van der Waals surface area contributed by atoms with Crippen LogP contribution in [0.2, 0.25) is 5.02 Å². The molecule has 0 radical (unpaired) electrons. The van der Waals surface area contributed by atoms with E-state index in [1.807, 2.05) is 0 Å². The molecule has 0 amide bonds. The highest BCUT2D eigenvalue weighted by molar-refractivity contribution is 6.32. The summed E-state index contributed by atoms with van der Waals surface area (Å²) in [6, 6.07) is 5.87. The number of benzene rings is 1. The quantitative estimate of drug-likeness (QED) is 0.435. The molecule has 0 atom stereocenters. The molecular weight excluding hydrogens is 232 g/mol. The molecule has 16 heavy (non-hydrogen) atoms. The molecule has 0 saturated carbocycles. The van der Waals surface area contributed by atoms with Gasteiger partial charge in [-0.15, -0.1) is 0 Å². The first kappa shape index (κ1) is 10.7. The van der Waals surface area contributed by atoms with Crippen LogP contribution in [0.15, 0.2) is 33.5 Å². The highest BCUT2D eigenvalue weighted by Gasteiger charge is 2.08. The standard InChI is InChI=1S/C11H7ClO4/c1-6(13)15-10-5-9-7(4-8(10)12)2-3-11(14)16-9/h2-5H,1H3. The van der Waals surface area contributed by atoms with Crippen molar-refractivity contribution in [3.8, 4) is 5.75 Å². The zero-order valence-corrected chi connectivity index (χ0v) is 9.08. The number of fused-ring (bicyclic) bond motifs is 1. The van der Waals surface area contributed by atoms with Crippen LogP contribution in [-0.2, 0) is 4.79 Å². The molecule has 0 aliphatic heterocycles. The van der Waals surface area contributed by atoms with Gasteiger partial charge in [0.05, 0.1) is 5.02 Å². The first-order chi connectivity index (χ1) is 7.56. The SMILES string of the molecule is CC(=O)Oc1cc2oc(=O)ccc2cc1Cl. The third kappa shape index (κ3) is 2.06. The molecule has 1 aromatic heterocycles. The van der Waals surface area contributed by atoms with Crippen molar-refractivity contribution in [2.24, 2.45) is 0 Å². The predicted octanol–water partition coefficient (Wildman–Crippen LogP) is 2.37. The van der Waals surface area contributed by atoms with E-state index in [1.165, 1.54) is 19.1 Å². The molecule has 5 heteroatoms. The Morgan fingerprint density at radius 1 is 1.38 bits per heavy atom. The number of halogens is 1. The Hall–Kier alpha value is -1.81. The molecule has 0 aliphatic rings. The summed E-state index contributed by atoms with van der Waals surface area (Å²) in [6.07, 6.45) is 0. The van der Waals surface area contributed by atoms with E-state index in [0.29, 0.717) is 11.0 Å². The molecule has 0 saturated heterocycles. The molecule has 4 nitrogen and oxygen atoms in total. The van der Waals surface area contributed by atoms with E-state index in [0.717, 1.165) is 0 Å². The van der Waals surface area contributed by atoms with Crippen LogP contribution in [0.3, 0.4) is 0 Å². The van der Waals surface area contributed by atoms with Gasteiger partial charge < -0.3 is 9.15 Å². The monoisotopic (exact) mass is 238 g/mol. The molecule has 0 bridgehead atoms. The van der Waals surface area contributed by atoms with Gasteiger partial charge in [-0.1, -0.05) is 11.6 Å². The van der Waals surface area contributed by atoms with Crippen molar-refractivity contribution in [1.82, 2.24) is 0 Å². The number of carbonyl (C=O) groups excluding carboxylic acids is 1. The molecule has 0 unspecified atom stereocenters. The molecule has 0 fully saturated rings. The number of hydrogen-bond donors (Lipinski definition) is 0. The van der Waals surface area contributed by atoms with E-state index in [9.17, 15) is 9.59 Å². The molecule has 0 N–H and O–H groups in total. The molecule has 2 aromatic rings. The Bertz CT molecular complexity index is 615. The molecule has 0 aliphatic carbocycles. The van der Waals surface area contributed by atoms with Gasteiger partial charge in [-0.2, -0.15) is 0 Å². The Morgan fingerprint density at radius 3 is 2.81 bits per heavy atom. The number of hydrogen-bond acceptors (Lipinski definition) is 4. The number of rotatable bonds is 1. The Balaban J connectivity index is 2.63. The van der Waals surface area contributed by atoms with E-state index in [1.54, 1.807) is 12.1 Å². The first-order valence-electron chi connectivity index (χ1n) is 4.48. The van der Waals surface area contributed by atoms with Gasteiger partial charge in [-0.25, -0.2) is 4.79 Å². The Labute approximate surface area is 95.4 Å². The summed E-state index contributed by atoms with van der Waals surface area (Å²) >= 11 is 5.89. The minimum absolute atomic E-state index is 0.177. The van der Waals surface area contributed by atoms with Crippen LogP contribution in [0, 0.1) is 0 Å². The van der Waals surface area contributed by atoms with E-state index < -0.39 is 11.6 Å².